The Morgan fingerprint density at radius 3 is 2.76 bits per heavy atom. The van der Waals surface area contributed by atoms with E-state index in [1.807, 2.05) is 25.2 Å². The van der Waals surface area contributed by atoms with E-state index in [-0.39, 0.29) is 5.69 Å². The van der Waals surface area contributed by atoms with Crippen LogP contribution in [0.2, 0.25) is 0 Å². The molecule has 4 N–H and O–H groups in total. The molecule has 0 atom stereocenters. The second-order valence-corrected chi connectivity index (χ2v) is 3.90. The molecule has 2 aromatic heterocycles. The molecule has 0 radical (unpaired) electrons. The van der Waals surface area contributed by atoms with Gasteiger partial charge in [-0.05, 0) is 12.1 Å². The third kappa shape index (κ3) is 1.42. The van der Waals surface area contributed by atoms with Crippen LogP contribution < -0.4 is 11.4 Å². The number of benzene rings is 1. The Balaban J connectivity index is 2.24. The number of imidazole rings is 2. The van der Waals surface area contributed by atoms with Gasteiger partial charge in [-0.2, -0.15) is 0 Å². The molecular formula is C11H11N5O. The van der Waals surface area contributed by atoms with E-state index in [9.17, 15) is 4.79 Å². The van der Waals surface area contributed by atoms with Gasteiger partial charge in [-0.3, -0.25) is 0 Å². The quantitative estimate of drug-likeness (QED) is 0.577. The van der Waals surface area contributed by atoms with E-state index < -0.39 is 0 Å². The summed E-state index contributed by atoms with van der Waals surface area (Å²) in [6.07, 6.45) is 1.71. The molecule has 0 aliphatic carbocycles. The minimum absolute atomic E-state index is 0.207. The monoisotopic (exact) mass is 229 g/mol. The maximum atomic E-state index is 11.2. The number of anilines is 1. The number of H-pyrrole nitrogens is 2. The molecule has 3 aromatic rings. The molecule has 0 aliphatic heterocycles. The molecule has 2 heterocycles. The Morgan fingerprint density at radius 1 is 1.29 bits per heavy atom. The first-order valence-corrected chi connectivity index (χ1v) is 5.15. The second-order valence-electron chi connectivity index (χ2n) is 3.90. The lowest BCUT2D eigenvalue weighted by Crippen LogP contribution is -1.99. The zero-order chi connectivity index (χ0) is 12.0. The lowest BCUT2D eigenvalue weighted by atomic mass is 10.1. The van der Waals surface area contributed by atoms with Crippen LogP contribution >= 0.6 is 0 Å². The molecule has 0 saturated carbocycles. The SMILES string of the molecule is Cn1c(-c2ccc3[nH]c(=O)[nH]c3c2)cnc1N. The van der Waals surface area contributed by atoms with E-state index in [0.717, 1.165) is 22.3 Å². The van der Waals surface area contributed by atoms with Gasteiger partial charge in [0.25, 0.3) is 0 Å². The maximum Gasteiger partial charge on any atom is 0.323 e. The fraction of sp³-hybridized carbons (Fsp3) is 0.0909. The number of hydrogen-bond acceptors (Lipinski definition) is 3. The van der Waals surface area contributed by atoms with Crippen LogP contribution in [0.15, 0.2) is 29.2 Å². The number of nitrogens with one attached hydrogen (secondary N) is 2. The summed E-state index contributed by atoms with van der Waals surface area (Å²) >= 11 is 0. The van der Waals surface area contributed by atoms with Crippen LogP contribution in [0.4, 0.5) is 5.95 Å². The second kappa shape index (κ2) is 3.24. The fourth-order valence-corrected chi connectivity index (χ4v) is 1.88. The van der Waals surface area contributed by atoms with E-state index >= 15 is 0 Å². The average molecular weight is 229 g/mol. The topological polar surface area (TPSA) is 92.5 Å². The van der Waals surface area contributed by atoms with Crippen LogP contribution in [-0.4, -0.2) is 19.5 Å². The van der Waals surface area contributed by atoms with Gasteiger partial charge in [-0.25, -0.2) is 9.78 Å². The van der Waals surface area contributed by atoms with Crippen molar-refractivity contribution in [3.63, 3.8) is 0 Å². The number of hydrogen-bond donors (Lipinski definition) is 3. The summed E-state index contributed by atoms with van der Waals surface area (Å²) in [4.78, 5) is 20.6. The molecule has 1 aromatic carbocycles. The fourth-order valence-electron chi connectivity index (χ4n) is 1.88. The Morgan fingerprint density at radius 2 is 2.06 bits per heavy atom. The van der Waals surface area contributed by atoms with Crippen molar-refractivity contribution in [3.8, 4) is 11.3 Å². The van der Waals surface area contributed by atoms with E-state index in [1.54, 1.807) is 10.8 Å². The summed E-state index contributed by atoms with van der Waals surface area (Å²) in [5.74, 6) is 0.461. The molecule has 86 valence electrons. The standard InChI is InChI=1S/C11H11N5O/c1-16-9(5-13-10(16)12)6-2-3-7-8(4-6)15-11(17)14-7/h2-5H,1H3,(H2,12,13)(H2,14,15,17). The zero-order valence-electron chi connectivity index (χ0n) is 9.19. The van der Waals surface area contributed by atoms with E-state index in [4.69, 9.17) is 5.73 Å². The molecule has 0 fully saturated rings. The number of rotatable bonds is 1. The summed E-state index contributed by atoms with van der Waals surface area (Å²) in [6.45, 7) is 0. The predicted molar refractivity (Wildman–Crippen MR) is 65.5 cm³/mol. The van der Waals surface area contributed by atoms with Gasteiger partial charge in [0.05, 0.1) is 22.9 Å². The van der Waals surface area contributed by atoms with Gasteiger partial charge in [0, 0.05) is 12.6 Å². The van der Waals surface area contributed by atoms with Crippen LogP contribution in [0.5, 0.6) is 0 Å². The van der Waals surface area contributed by atoms with Gasteiger partial charge in [-0.1, -0.05) is 6.07 Å². The first kappa shape index (κ1) is 9.71. The summed E-state index contributed by atoms with van der Waals surface area (Å²) in [5, 5.41) is 0. The normalized spacial score (nSPS) is 11.1. The third-order valence-corrected chi connectivity index (χ3v) is 2.84. The van der Waals surface area contributed by atoms with Crippen molar-refractivity contribution >= 4 is 17.0 Å². The number of nitrogen functional groups attached to an aromatic ring is 1. The average Bonchev–Trinajstić information content (AvgIpc) is 2.81. The highest BCUT2D eigenvalue weighted by Crippen LogP contribution is 2.23. The van der Waals surface area contributed by atoms with Crippen molar-refractivity contribution in [2.75, 3.05) is 5.73 Å². The minimum Gasteiger partial charge on any atom is -0.369 e. The molecular weight excluding hydrogens is 218 g/mol. The zero-order valence-corrected chi connectivity index (χ0v) is 9.19. The Labute approximate surface area is 96.1 Å². The Hall–Kier alpha value is -2.50. The molecule has 6 heteroatoms. The summed E-state index contributed by atoms with van der Waals surface area (Å²) in [5.41, 5.74) is 8.90. The first-order chi connectivity index (χ1) is 8.15. The van der Waals surface area contributed by atoms with Crippen molar-refractivity contribution in [1.82, 2.24) is 19.5 Å². The Bertz CT molecular complexity index is 749. The highest BCUT2D eigenvalue weighted by Gasteiger charge is 2.07. The van der Waals surface area contributed by atoms with Gasteiger partial charge >= 0.3 is 5.69 Å². The van der Waals surface area contributed by atoms with Crippen molar-refractivity contribution < 1.29 is 0 Å². The molecule has 6 nitrogen and oxygen atoms in total. The molecule has 0 amide bonds. The molecule has 0 unspecified atom stereocenters. The maximum absolute atomic E-state index is 11.2. The van der Waals surface area contributed by atoms with Crippen LogP contribution in [0.25, 0.3) is 22.3 Å². The molecule has 17 heavy (non-hydrogen) atoms. The molecule has 3 rings (SSSR count). The van der Waals surface area contributed by atoms with E-state index in [1.165, 1.54) is 0 Å². The van der Waals surface area contributed by atoms with Crippen molar-refractivity contribution in [2.24, 2.45) is 7.05 Å². The highest BCUT2D eigenvalue weighted by atomic mass is 16.1. The van der Waals surface area contributed by atoms with E-state index in [2.05, 4.69) is 15.0 Å². The lowest BCUT2D eigenvalue weighted by Gasteiger charge is -2.03. The highest BCUT2D eigenvalue weighted by molar-refractivity contribution is 5.80. The van der Waals surface area contributed by atoms with Gasteiger partial charge < -0.3 is 20.3 Å². The summed E-state index contributed by atoms with van der Waals surface area (Å²) in [7, 11) is 1.85. The van der Waals surface area contributed by atoms with Crippen LogP contribution in [-0.2, 0) is 7.05 Å². The molecule has 0 saturated heterocycles. The van der Waals surface area contributed by atoms with E-state index in [0.29, 0.717) is 5.95 Å². The van der Waals surface area contributed by atoms with Crippen LogP contribution in [0.3, 0.4) is 0 Å². The van der Waals surface area contributed by atoms with Gasteiger partial charge in [0.2, 0.25) is 0 Å². The third-order valence-electron chi connectivity index (χ3n) is 2.84. The number of nitrogens with zero attached hydrogens (tertiary/aromatic N) is 2. The number of nitrogens with two attached hydrogens (primary N) is 1. The summed E-state index contributed by atoms with van der Waals surface area (Å²) in [6, 6.07) is 5.66. The Kier molecular flexibility index (Phi) is 1.85. The van der Waals surface area contributed by atoms with Crippen LogP contribution in [0, 0.1) is 0 Å². The minimum atomic E-state index is -0.207. The largest absolute Gasteiger partial charge is 0.369 e. The number of aromatic amines is 2. The molecule has 0 aliphatic rings. The molecule has 0 bridgehead atoms. The summed E-state index contributed by atoms with van der Waals surface area (Å²) < 4.78 is 1.80. The number of fused-ring (bicyclic) bond motifs is 1. The van der Waals surface area contributed by atoms with Gasteiger partial charge in [0.15, 0.2) is 5.95 Å². The molecule has 0 spiro atoms. The van der Waals surface area contributed by atoms with Crippen molar-refractivity contribution in [3.05, 3.63) is 34.9 Å². The van der Waals surface area contributed by atoms with Crippen molar-refractivity contribution in [2.45, 2.75) is 0 Å². The van der Waals surface area contributed by atoms with Crippen molar-refractivity contribution in [1.29, 1.82) is 0 Å². The number of aromatic nitrogens is 4. The lowest BCUT2D eigenvalue weighted by molar-refractivity contribution is 0.938. The van der Waals surface area contributed by atoms with Gasteiger partial charge in [-0.15, -0.1) is 0 Å². The first-order valence-electron chi connectivity index (χ1n) is 5.15. The predicted octanol–water partition coefficient (Wildman–Crippen LogP) is 0.839. The smallest absolute Gasteiger partial charge is 0.323 e. The van der Waals surface area contributed by atoms with Crippen LogP contribution in [0.1, 0.15) is 0 Å². The van der Waals surface area contributed by atoms with Gasteiger partial charge in [0.1, 0.15) is 0 Å².